The summed E-state index contributed by atoms with van der Waals surface area (Å²) in [5.41, 5.74) is 0.208. The third kappa shape index (κ3) is 6.18. The van der Waals surface area contributed by atoms with E-state index in [0.717, 1.165) is 37.2 Å². The third-order valence-electron chi connectivity index (χ3n) is 3.84. The van der Waals surface area contributed by atoms with E-state index < -0.39 is 10.4 Å². The van der Waals surface area contributed by atoms with Crippen molar-refractivity contribution in [3.63, 3.8) is 0 Å². The van der Waals surface area contributed by atoms with Gasteiger partial charge >= 0.3 is 10.4 Å². The zero-order valence-electron chi connectivity index (χ0n) is 12.4. The lowest BCUT2D eigenvalue weighted by Crippen LogP contribution is -2.61. The van der Waals surface area contributed by atoms with E-state index >= 15 is 0 Å². The summed E-state index contributed by atoms with van der Waals surface area (Å²) >= 11 is 0. The fraction of sp³-hybridized carbons (Fsp3) is 1.00. The van der Waals surface area contributed by atoms with Crippen molar-refractivity contribution in [3.8, 4) is 0 Å². The Morgan fingerprint density at radius 3 is 2.21 bits per heavy atom. The molecule has 0 aromatic rings. The minimum absolute atomic E-state index is 0.0512. The summed E-state index contributed by atoms with van der Waals surface area (Å²) in [6.07, 6.45) is 0.631. The molecule has 1 saturated heterocycles. The van der Waals surface area contributed by atoms with Crippen molar-refractivity contribution < 1.29 is 21.6 Å². The number of piperazine rings is 1. The van der Waals surface area contributed by atoms with Crippen LogP contribution in [0.4, 0.5) is 0 Å². The average Bonchev–Trinajstić information content (AvgIpc) is 2.22. The highest BCUT2D eigenvalue weighted by molar-refractivity contribution is 7.80. The van der Waals surface area contributed by atoms with Crippen LogP contribution in [0.1, 0.15) is 27.2 Å². The van der Waals surface area contributed by atoms with Crippen molar-refractivity contribution in [3.05, 3.63) is 0 Å². The highest BCUT2D eigenvalue weighted by Gasteiger charge is 2.32. The molecule has 0 amide bonds. The summed E-state index contributed by atoms with van der Waals surface area (Å²) < 4.78 is 34.6. The third-order valence-corrected chi connectivity index (χ3v) is 4.31. The number of rotatable bonds is 5. The molecule has 6 nitrogen and oxygen atoms in total. The molecule has 1 N–H and O–H groups in total. The van der Waals surface area contributed by atoms with Crippen molar-refractivity contribution in [2.45, 2.75) is 32.7 Å². The van der Waals surface area contributed by atoms with Crippen LogP contribution in [0.5, 0.6) is 0 Å². The van der Waals surface area contributed by atoms with Gasteiger partial charge in [-0.15, -0.1) is 0 Å². The lowest BCUT2D eigenvalue weighted by Gasteiger charge is -2.46. The Morgan fingerprint density at radius 1 is 1.26 bits per heavy atom. The van der Waals surface area contributed by atoms with E-state index in [0.29, 0.717) is 6.42 Å². The molecular formula is C12H27N2O4S+. The number of hydrogen-bond acceptors (Lipinski definition) is 4. The lowest BCUT2D eigenvalue weighted by molar-refractivity contribution is -0.914. The number of likely N-dealkylation sites (N-methyl/N-ethyl adjacent to an activating group) is 1. The van der Waals surface area contributed by atoms with Crippen LogP contribution < -0.4 is 0 Å². The molecule has 0 unspecified atom stereocenters. The summed E-state index contributed by atoms with van der Waals surface area (Å²) in [5, 5.41) is 0. The molecule has 1 aliphatic heterocycles. The minimum atomic E-state index is -4.29. The van der Waals surface area contributed by atoms with Crippen molar-refractivity contribution in [1.29, 1.82) is 0 Å². The fourth-order valence-electron chi connectivity index (χ4n) is 2.45. The second kappa shape index (κ2) is 6.05. The largest absolute Gasteiger partial charge is 0.397 e. The van der Waals surface area contributed by atoms with E-state index in [1.54, 1.807) is 0 Å². The molecule has 114 valence electrons. The van der Waals surface area contributed by atoms with Gasteiger partial charge in [0.2, 0.25) is 0 Å². The highest BCUT2D eigenvalue weighted by atomic mass is 32.3. The lowest BCUT2D eigenvalue weighted by atomic mass is 10.0. The van der Waals surface area contributed by atoms with Gasteiger partial charge in [0, 0.05) is 25.0 Å². The summed E-state index contributed by atoms with van der Waals surface area (Å²) in [4.78, 5) is 2.47. The van der Waals surface area contributed by atoms with Crippen LogP contribution in [0.25, 0.3) is 0 Å². The Balaban J connectivity index is 2.32. The molecule has 1 heterocycles. The maximum absolute atomic E-state index is 10.4. The van der Waals surface area contributed by atoms with Crippen molar-refractivity contribution >= 4 is 10.4 Å². The van der Waals surface area contributed by atoms with E-state index in [4.69, 9.17) is 4.55 Å². The van der Waals surface area contributed by atoms with Gasteiger partial charge in [0.15, 0.2) is 0 Å². The molecular weight excluding hydrogens is 268 g/mol. The zero-order chi connectivity index (χ0) is 14.7. The Morgan fingerprint density at radius 2 is 1.79 bits per heavy atom. The van der Waals surface area contributed by atoms with Crippen LogP contribution in [-0.4, -0.2) is 74.3 Å². The maximum atomic E-state index is 10.4. The summed E-state index contributed by atoms with van der Waals surface area (Å²) in [5.74, 6) is 0. The SMILES string of the molecule is CC(C)(C)N1CC[N+](C)(CCCOS(=O)(=O)O)CC1. The number of quaternary nitrogens is 1. The van der Waals surface area contributed by atoms with E-state index in [1.165, 1.54) is 0 Å². The topological polar surface area (TPSA) is 66.8 Å². The van der Waals surface area contributed by atoms with Crippen LogP contribution in [0.3, 0.4) is 0 Å². The first-order valence-electron chi connectivity index (χ1n) is 6.72. The average molecular weight is 295 g/mol. The van der Waals surface area contributed by atoms with E-state index in [-0.39, 0.29) is 12.1 Å². The Hall–Kier alpha value is -0.210. The minimum Gasteiger partial charge on any atom is -0.324 e. The molecule has 0 bridgehead atoms. The van der Waals surface area contributed by atoms with Crippen LogP contribution in [0.15, 0.2) is 0 Å². The second-order valence-corrected chi connectivity index (χ2v) is 7.64. The van der Waals surface area contributed by atoms with Crippen LogP contribution in [-0.2, 0) is 14.6 Å². The van der Waals surface area contributed by atoms with Crippen molar-refractivity contribution in [2.75, 3.05) is 46.4 Å². The first-order valence-corrected chi connectivity index (χ1v) is 8.09. The molecule has 19 heavy (non-hydrogen) atoms. The predicted octanol–water partition coefficient (Wildman–Crippen LogP) is 0.757. The molecule has 0 spiro atoms. The summed E-state index contributed by atoms with van der Waals surface area (Å²) in [6, 6.07) is 0. The van der Waals surface area contributed by atoms with Crippen molar-refractivity contribution in [1.82, 2.24) is 4.90 Å². The quantitative estimate of drug-likeness (QED) is 0.461. The van der Waals surface area contributed by atoms with Gasteiger partial charge in [0.05, 0.1) is 33.3 Å². The fourth-order valence-corrected chi connectivity index (χ4v) is 2.78. The molecule has 0 radical (unpaired) electrons. The molecule has 0 aliphatic carbocycles. The van der Waals surface area contributed by atoms with Crippen LogP contribution >= 0.6 is 0 Å². The first kappa shape index (κ1) is 16.8. The van der Waals surface area contributed by atoms with E-state index in [2.05, 4.69) is 36.9 Å². The van der Waals surface area contributed by atoms with Gasteiger partial charge in [-0.2, -0.15) is 8.42 Å². The molecule has 1 rings (SSSR count). The second-order valence-electron chi connectivity index (χ2n) is 6.55. The standard InChI is InChI=1S/C12H26N2O4S/c1-12(2,3)13-6-9-14(4,10-7-13)8-5-11-18-19(15,16)17/h5-11H2,1-4H3/p+1. The highest BCUT2D eigenvalue weighted by Crippen LogP contribution is 2.19. The van der Waals surface area contributed by atoms with Gasteiger partial charge in [-0.25, -0.2) is 4.18 Å². The molecule has 0 aromatic heterocycles. The monoisotopic (exact) mass is 295 g/mol. The Bertz CT molecular complexity index is 381. The molecule has 0 saturated carbocycles. The normalized spacial score (nSPS) is 21.5. The molecule has 7 heteroatoms. The van der Waals surface area contributed by atoms with E-state index in [1.807, 2.05) is 0 Å². The molecule has 0 aromatic carbocycles. The number of nitrogens with zero attached hydrogens (tertiary/aromatic N) is 2. The van der Waals surface area contributed by atoms with E-state index in [9.17, 15) is 8.42 Å². The van der Waals surface area contributed by atoms with Gasteiger partial charge < -0.3 is 4.48 Å². The van der Waals surface area contributed by atoms with Gasteiger partial charge in [-0.3, -0.25) is 9.45 Å². The van der Waals surface area contributed by atoms with Gasteiger partial charge in [-0.1, -0.05) is 0 Å². The molecule has 1 aliphatic rings. The van der Waals surface area contributed by atoms with Crippen LogP contribution in [0.2, 0.25) is 0 Å². The van der Waals surface area contributed by atoms with Gasteiger partial charge in [-0.05, 0) is 20.8 Å². The maximum Gasteiger partial charge on any atom is 0.397 e. The number of hydrogen-bond donors (Lipinski definition) is 1. The van der Waals surface area contributed by atoms with Crippen LogP contribution in [0, 0.1) is 0 Å². The van der Waals surface area contributed by atoms with Gasteiger partial charge in [0.25, 0.3) is 0 Å². The summed E-state index contributed by atoms with van der Waals surface area (Å²) in [6.45, 7) is 11.8. The Kier molecular flexibility index (Phi) is 5.36. The van der Waals surface area contributed by atoms with Crippen molar-refractivity contribution in [2.24, 2.45) is 0 Å². The molecule has 0 atom stereocenters. The smallest absolute Gasteiger partial charge is 0.324 e. The van der Waals surface area contributed by atoms with Gasteiger partial charge in [0.1, 0.15) is 0 Å². The molecule has 1 fully saturated rings. The predicted molar refractivity (Wildman–Crippen MR) is 74.2 cm³/mol. The summed E-state index contributed by atoms with van der Waals surface area (Å²) in [7, 11) is -2.10. The Labute approximate surface area is 116 Å². The first-order chi connectivity index (χ1) is 8.52. The zero-order valence-corrected chi connectivity index (χ0v) is 13.2.